The molecule has 30 heavy (non-hydrogen) atoms. The average molecular weight is 464 g/mol. The minimum Gasteiger partial charge on any atom is -0.481 e. The van der Waals surface area contributed by atoms with E-state index in [1.165, 1.54) is 11.8 Å². The van der Waals surface area contributed by atoms with Crippen molar-refractivity contribution in [2.45, 2.75) is 17.7 Å². The van der Waals surface area contributed by atoms with Crippen molar-refractivity contribution in [2.24, 2.45) is 11.8 Å². The molecule has 0 radical (unpaired) electrons. The summed E-state index contributed by atoms with van der Waals surface area (Å²) in [5, 5.41) is 12.8. The molecule has 2 aromatic carbocycles. The highest BCUT2D eigenvalue weighted by atomic mass is 35.5. The van der Waals surface area contributed by atoms with Gasteiger partial charge in [0.05, 0.1) is 27.6 Å². The molecule has 8 heteroatoms. The molecule has 0 fully saturated rings. The van der Waals surface area contributed by atoms with E-state index in [0.717, 1.165) is 4.90 Å². The Labute approximate surface area is 188 Å². The van der Waals surface area contributed by atoms with Crippen LogP contribution in [0, 0.1) is 11.8 Å². The van der Waals surface area contributed by atoms with Gasteiger partial charge in [0.2, 0.25) is 5.91 Å². The zero-order chi connectivity index (χ0) is 21.7. The fraction of sp³-hybridized carbons (Fsp3) is 0.227. The van der Waals surface area contributed by atoms with Crippen LogP contribution in [-0.2, 0) is 9.59 Å². The van der Waals surface area contributed by atoms with E-state index in [-0.39, 0.29) is 17.4 Å². The zero-order valence-corrected chi connectivity index (χ0v) is 18.1. The van der Waals surface area contributed by atoms with E-state index in [9.17, 15) is 19.5 Å². The number of benzene rings is 2. The van der Waals surface area contributed by atoms with Crippen molar-refractivity contribution >= 4 is 58.3 Å². The van der Waals surface area contributed by atoms with E-state index in [1.54, 1.807) is 48.5 Å². The third-order valence-electron chi connectivity index (χ3n) is 4.82. The van der Waals surface area contributed by atoms with E-state index >= 15 is 0 Å². The number of carbonyl (C=O) groups is 3. The Kier molecular flexibility index (Phi) is 7.58. The highest BCUT2D eigenvalue weighted by molar-refractivity contribution is 8.00. The Morgan fingerprint density at radius 3 is 2.27 bits per heavy atom. The van der Waals surface area contributed by atoms with E-state index < -0.39 is 17.8 Å². The zero-order valence-electron chi connectivity index (χ0n) is 15.8. The van der Waals surface area contributed by atoms with Gasteiger partial charge >= 0.3 is 5.97 Å². The summed E-state index contributed by atoms with van der Waals surface area (Å²) in [7, 11) is 0. The lowest BCUT2D eigenvalue weighted by Crippen LogP contribution is -2.34. The smallest absolute Gasteiger partial charge is 0.307 e. The molecule has 3 rings (SSSR count). The Bertz CT molecular complexity index is 991. The summed E-state index contributed by atoms with van der Waals surface area (Å²) in [6.45, 7) is 0. The number of amides is 1. The predicted octanol–water partition coefficient (Wildman–Crippen LogP) is 5.57. The number of halogens is 2. The van der Waals surface area contributed by atoms with Crippen LogP contribution in [0.4, 0.5) is 5.69 Å². The van der Waals surface area contributed by atoms with Crippen molar-refractivity contribution < 1.29 is 19.5 Å². The van der Waals surface area contributed by atoms with Crippen LogP contribution in [0.3, 0.4) is 0 Å². The molecule has 0 bridgehead atoms. The van der Waals surface area contributed by atoms with Crippen LogP contribution in [0.15, 0.2) is 59.5 Å². The fourth-order valence-corrected chi connectivity index (χ4v) is 4.24. The Morgan fingerprint density at radius 1 is 0.967 bits per heavy atom. The summed E-state index contributed by atoms with van der Waals surface area (Å²) in [5.41, 5.74) is 1.08. The lowest BCUT2D eigenvalue weighted by atomic mass is 9.82. The first-order chi connectivity index (χ1) is 14.3. The number of hydrogen-bond donors (Lipinski definition) is 2. The molecule has 1 aliphatic carbocycles. The summed E-state index contributed by atoms with van der Waals surface area (Å²) in [6, 6.07) is 11.9. The van der Waals surface area contributed by atoms with Crippen LogP contribution in [0.5, 0.6) is 0 Å². The van der Waals surface area contributed by atoms with Gasteiger partial charge in [-0.25, -0.2) is 0 Å². The molecule has 0 saturated carbocycles. The topological polar surface area (TPSA) is 83.5 Å². The number of rotatable bonds is 7. The second-order valence-corrected chi connectivity index (χ2v) is 8.71. The van der Waals surface area contributed by atoms with Crippen LogP contribution in [-0.4, -0.2) is 28.5 Å². The normalized spacial score (nSPS) is 18.1. The molecule has 0 heterocycles. The van der Waals surface area contributed by atoms with Crippen LogP contribution in [0.2, 0.25) is 10.0 Å². The van der Waals surface area contributed by atoms with Gasteiger partial charge in [0.25, 0.3) is 0 Å². The number of ketones is 1. The number of aliphatic carboxylic acids is 1. The van der Waals surface area contributed by atoms with Crippen molar-refractivity contribution in [3.8, 4) is 0 Å². The van der Waals surface area contributed by atoms with Gasteiger partial charge in [-0.2, -0.15) is 0 Å². The van der Waals surface area contributed by atoms with Crippen molar-refractivity contribution in [3.05, 3.63) is 70.2 Å². The number of carboxylic acids is 1. The maximum Gasteiger partial charge on any atom is 0.307 e. The molecule has 2 N–H and O–H groups in total. The first kappa shape index (κ1) is 22.4. The van der Waals surface area contributed by atoms with Crippen LogP contribution < -0.4 is 5.32 Å². The standard InChI is InChI=1S/C22H19Cl2NO4S/c23-18-10-5-13(11-19(18)24)20(26)12-30-15-8-6-14(7-9-15)25-21(27)16-3-1-2-4-17(16)22(28)29/h1-2,5-11,16-17H,3-4,12H2,(H,25,27)(H,28,29). The van der Waals surface area contributed by atoms with E-state index in [1.807, 2.05) is 6.08 Å². The van der Waals surface area contributed by atoms with Gasteiger partial charge in [-0.15, -0.1) is 11.8 Å². The van der Waals surface area contributed by atoms with Crippen molar-refractivity contribution in [3.63, 3.8) is 0 Å². The fourth-order valence-electron chi connectivity index (χ4n) is 3.15. The minimum absolute atomic E-state index is 0.0685. The van der Waals surface area contributed by atoms with Gasteiger partial charge in [-0.3, -0.25) is 14.4 Å². The van der Waals surface area contributed by atoms with Crippen LogP contribution in [0.1, 0.15) is 23.2 Å². The highest BCUT2D eigenvalue weighted by Crippen LogP contribution is 2.28. The molecular formula is C22H19Cl2NO4S. The molecule has 1 aliphatic rings. The summed E-state index contributed by atoms with van der Waals surface area (Å²) in [4.78, 5) is 37.1. The first-order valence-corrected chi connectivity index (χ1v) is 11.0. The Hall–Kier alpha value is -2.28. The van der Waals surface area contributed by atoms with Gasteiger partial charge in [0, 0.05) is 16.1 Å². The molecule has 0 saturated heterocycles. The third kappa shape index (κ3) is 5.65. The molecule has 0 spiro atoms. The highest BCUT2D eigenvalue weighted by Gasteiger charge is 2.33. The molecule has 2 atom stereocenters. The molecule has 0 aliphatic heterocycles. The van der Waals surface area contributed by atoms with Gasteiger partial charge in [-0.1, -0.05) is 35.4 Å². The van der Waals surface area contributed by atoms with Crippen molar-refractivity contribution in [1.82, 2.24) is 0 Å². The molecule has 1 amide bonds. The molecule has 5 nitrogen and oxygen atoms in total. The summed E-state index contributed by atoms with van der Waals surface area (Å²) >= 11 is 13.2. The van der Waals surface area contributed by atoms with Crippen LogP contribution >= 0.6 is 35.0 Å². The number of nitrogens with one attached hydrogen (secondary N) is 1. The Morgan fingerprint density at radius 2 is 1.63 bits per heavy atom. The largest absolute Gasteiger partial charge is 0.481 e. The van der Waals surface area contributed by atoms with Crippen molar-refractivity contribution in [1.29, 1.82) is 0 Å². The molecular weight excluding hydrogens is 445 g/mol. The number of Topliss-reactive ketones (excluding diaryl/α,β-unsaturated/α-hetero) is 1. The second kappa shape index (κ2) is 10.2. The predicted molar refractivity (Wildman–Crippen MR) is 120 cm³/mol. The summed E-state index contributed by atoms with van der Waals surface area (Å²) in [5.74, 6) is -2.40. The lowest BCUT2D eigenvalue weighted by molar-refractivity contribution is -0.146. The maximum absolute atomic E-state index is 12.5. The summed E-state index contributed by atoms with van der Waals surface area (Å²) < 4.78 is 0. The minimum atomic E-state index is -0.960. The number of hydrogen-bond acceptors (Lipinski definition) is 4. The SMILES string of the molecule is O=C(CSc1ccc(NC(=O)C2CC=CCC2C(=O)O)cc1)c1ccc(Cl)c(Cl)c1. The number of carbonyl (C=O) groups excluding carboxylic acids is 2. The van der Waals surface area contributed by atoms with Crippen molar-refractivity contribution in [2.75, 3.05) is 11.1 Å². The van der Waals surface area contributed by atoms with Gasteiger partial charge in [0.15, 0.2) is 5.78 Å². The molecule has 156 valence electrons. The quantitative estimate of drug-likeness (QED) is 0.318. The Balaban J connectivity index is 1.56. The summed E-state index contributed by atoms with van der Waals surface area (Å²) in [6.07, 6.45) is 4.41. The number of thioether (sulfide) groups is 1. The molecule has 2 unspecified atom stereocenters. The van der Waals surface area contributed by atoms with E-state index in [4.69, 9.17) is 23.2 Å². The lowest BCUT2D eigenvalue weighted by Gasteiger charge is -2.24. The average Bonchev–Trinajstić information content (AvgIpc) is 2.74. The first-order valence-electron chi connectivity index (χ1n) is 9.25. The monoisotopic (exact) mass is 463 g/mol. The number of carboxylic acid groups (broad SMARTS) is 1. The molecule has 0 aromatic heterocycles. The third-order valence-corrected chi connectivity index (χ3v) is 6.57. The molecule has 2 aromatic rings. The van der Waals surface area contributed by atoms with Gasteiger partial charge < -0.3 is 10.4 Å². The maximum atomic E-state index is 12.5. The number of anilines is 1. The van der Waals surface area contributed by atoms with E-state index in [0.29, 0.717) is 34.1 Å². The second-order valence-electron chi connectivity index (χ2n) is 6.85. The van der Waals surface area contributed by atoms with Gasteiger partial charge in [0.1, 0.15) is 0 Å². The van der Waals surface area contributed by atoms with E-state index in [2.05, 4.69) is 5.32 Å². The van der Waals surface area contributed by atoms with Gasteiger partial charge in [-0.05, 0) is 55.3 Å². The van der Waals surface area contributed by atoms with Crippen LogP contribution in [0.25, 0.3) is 0 Å². The number of allylic oxidation sites excluding steroid dienone is 2.